The highest BCUT2D eigenvalue weighted by atomic mass is 32.2. The minimum atomic E-state index is 0.509. The number of thioether (sulfide) groups is 1. The highest BCUT2D eigenvalue weighted by Gasteiger charge is 2.12. The standard InChI is InChI=1S/C18H18N6OS/c1-4-13-5-7-14(8-6-13)16-20-15(25-23-16)10-26-18-21-17-19-11(2)9-12(3)24(17)22-18/h5-9H,4,10H2,1-3H3. The molecular formula is C18H18N6OS. The Kier molecular flexibility index (Phi) is 4.42. The van der Waals surface area contributed by atoms with Crippen LogP contribution in [0.4, 0.5) is 0 Å². The van der Waals surface area contributed by atoms with Crippen molar-refractivity contribution in [2.75, 3.05) is 0 Å². The van der Waals surface area contributed by atoms with Crippen LogP contribution in [-0.2, 0) is 12.2 Å². The van der Waals surface area contributed by atoms with E-state index in [9.17, 15) is 0 Å². The first-order chi connectivity index (χ1) is 12.6. The molecule has 3 aromatic heterocycles. The third kappa shape index (κ3) is 3.32. The van der Waals surface area contributed by atoms with Gasteiger partial charge < -0.3 is 4.52 Å². The quantitative estimate of drug-likeness (QED) is 0.499. The Morgan fingerprint density at radius 2 is 1.88 bits per heavy atom. The molecule has 0 radical (unpaired) electrons. The molecule has 0 aliphatic carbocycles. The maximum Gasteiger partial charge on any atom is 0.253 e. The summed E-state index contributed by atoms with van der Waals surface area (Å²) in [5.74, 6) is 2.26. The number of rotatable bonds is 5. The van der Waals surface area contributed by atoms with Gasteiger partial charge in [0.05, 0.1) is 5.75 Å². The monoisotopic (exact) mass is 366 g/mol. The fourth-order valence-corrected chi connectivity index (χ4v) is 3.31. The first-order valence-corrected chi connectivity index (χ1v) is 9.36. The van der Waals surface area contributed by atoms with E-state index in [0.717, 1.165) is 23.4 Å². The van der Waals surface area contributed by atoms with Gasteiger partial charge >= 0.3 is 0 Å². The highest BCUT2D eigenvalue weighted by molar-refractivity contribution is 7.98. The third-order valence-corrected chi connectivity index (χ3v) is 4.83. The van der Waals surface area contributed by atoms with Gasteiger partial charge in [-0.25, -0.2) is 9.50 Å². The highest BCUT2D eigenvalue weighted by Crippen LogP contribution is 2.22. The van der Waals surface area contributed by atoms with Crippen LogP contribution in [-0.4, -0.2) is 29.7 Å². The Morgan fingerprint density at radius 1 is 1.08 bits per heavy atom. The summed E-state index contributed by atoms with van der Waals surface area (Å²) >= 11 is 1.45. The van der Waals surface area contributed by atoms with Crippen LogP contribution in [0.1, 0.15) is 29.8 Å². The van der Waals surface area contributed by atoms with Crippen LogP contribution in [0.5, 0.6) is 0 Å². The third-order valence-electron chi connectivity index (χ3n) is 4.01. The molecule has 7 nitrogen and oxygen atoms in total. The molecule has 1 aromatic carbocycles. The molecule has 0 unspecified atom stereocenters. The van der Waals surface area contributed by atoms with Gasteiger partial charge in [0.25, 0.3) is 5.78 Å². The van der Waals surface area contributed by atoms with E-state index in [4.69, 9.17) is 4.52 Å². The second kappa shape index (κ2) is 6.87. The van der Waals surface area contributed by atoms with E-state index < -0.39 is 0 Å². The Morgan fingerprint density at radius 3 is 2.65 bits per heavy atom. The zero-order valence-corrected chi connectivity index (χ0v) is 15.6. The lowest BCUT2D eigenvalue weighted by molar-refractivity contribution is 0.391. The van der Waals surface area contributed by atoms with Gasteiger partial charge in [-0.15, -0.1) is 5.10 Å². The van der Waals surface area contributed by atoms with Gasteiger partial charge in [-0.2, -0.15) is 9.97 Å². The molecule has 0 saturated heterocycles. The summed E-state index contributed by atoms with van der Waals surface area (Å²) in [5.41, 5.74) is 4.16. The van der Waals surface area contributed by atoms with E-state index in [-0.39, 0.29) is 0 Å². The molecule has 4 rings (SSSR count). The van der Waals surface area contributed by atoms with Crippen molar-refractivity contribution in [1.82, 2.24) is 29.7 Å². The van der Waals surface area contributed by atoms with E-state index in [2.05, 4.69) is 44.3 Å². The van der Waals surface area contributed by atoms with Gasteiger partial charge in [0.2, 0.25) is 16.9 Å². The van der Waals surface area contributed by atoms with Crippen LogP contribution in [0.15, 0.2) is 40.0 Å². The maximum absolute atomic E-state index is 5.35. The van der Waals surface area contributed by atoms with Crippen molar-refractivity contribution < 1.29 is 4.52 Å². The molecule has 0 amide bonds. The second-order valence-electron chi connectivity index (χ2n) is 6.00. The molecule has 8 heteroatoms. The van der Waals surface area contributed by atoms with Gasteiger partial charge in [-0.1, -0.05) is 48.1 Å². The first kappa shape index (κ1) is 16.7. The van der Waals surface area contributed by atoms with Crippen molar-refractivity contribution in [3.05, 3.63) is 53.2 Å². The van der Waals surface area contributed by atoms with Crippen LogP contribution in [0.2, 0.25) is 0 Å². The molecule has 0 aliphatic heterocycles. The number of aromatic nitrogens is 6. The molecule has 0 N–H and O–H groups in total. The maximum atomic E-state index is 5.35. The van der Waals surface area contributed by atoms with E-state index in [1.807, 2.05) is 32.0 Å². The predicted octanol–water partition coefficient (Wildman–Crippen LogP) is 3.65. The first-order valence-electron chi connectivity index (χ1n) is 8.38. The molecule has 3 heterocycles. The van der Waals surface area contributed by atoms with Crippen LogP contribution in [0.25, 0.3) is 17.2 Å². The summed E-state index contributed by atoms with van der Waals surface area (Å²) < 4.78 is 7.09. The van der Waals surface area contributed by atoms with Crippen LogP contribution >= 0.6 is 11.8 Å². The van der Waals surface area contributed by atoms with Crippen molar-refractivity contribution in [2.45, 2.75) is 38.1 Å². The van der Waals surface area contributed by atoms with Gasteiger partial charge in [-0.3, -0.25) is 0 Å². The average Bonchev–Trinajstić information content (AvgIpc) is 3.27. The van der Waals surface area contributed by atoms with Gasteiger partial charge in [-0.05, 0) is 31.9 Å². The Labute approximate surface area is 154 Å². The minimum Gasteiger partial charge on any atom is -0.338 e. The van der Waals surface area contributed by atoms with E-state index >= 15 is 0 Å². The molecule has 0 atom stereocenters. The van der Waals surface area contributed by atoms with Gasteiger partial charge in [0.15, 0.2) is 0 Å². The average molecular weight is 366 g/mol. The molecule has 26 heavy (non-hydrogen) atoms. The topological polar surface area (TPSA) is 82.0 Å². The predicted molar refractivity (Wildman–Crippen MR) is 98.9 cm³/mol. The van der Waals surface area contributed by atoms with E-state index in [1.165, 1.54) is 17.3 Å². The van der Waals surface area contributed by atoms with Crippen LogP contribution in [0.3, 0.4) is 0 Å². The molecule has 0 saturated carbocycles. The SMILES string of the molecule is CCc1ccc(-c2noc(CSc3nc4nc(C)cc(C)n4n3)n2)cc1. The number of nitrogens with zero attached hydrogens (tertiary/aromatic N) is 6. The lowest BCUT2D eigenvalue weighted by Gasteiger charge is -1.97. The summed E-state index contributed by atoms with van der Waals surface area (Å²) in [6.45, 7) is 6.06. The molecule has 132 valence electrons. The second-order valence-corrected chi connectivity index (χ2v) is 6.94. The summed E-state index contributed by atoms with van der Waals surface area (Å²) in [7, 11) is 0. The molecule has 0 spiro atoms. The van der Waals surface area contributed by atoms with Crippen molar-refractivity contribution in [3.63, 3.8) is 0 Å². The normalized spacial score (nSPS) is 11.3. The number of benzene rings is 1. The van der Waals surface area contributed by atoms with Crippen molar-refractivity contribution in [3.8, 4) is 11.4 Å². The summed E-state index contributed by atoms with van der Waals surface area (Å²) in [4.78, 5) is 13.3. The number of aryl methyl sites for hydroxylation is 3. The van der Waals surface area contributed by atoms with Crippen LogP contribution in [0, 0.1) is 13.8 Å². The largest absolute Gasteiger partial charge is 0.338 e. The molecular weight excluding hydrogens is 348 g/mol. The summed E-state index contributed by atoms with van der Waals surface area (Å²) in [6, 6.07) is 10.2. The summed E-state index contributed by atoms with van der Waals surface area (Å²) in [5, 5.41) is 9.17. The van der Waals surface area contributed by atoms with Gasteiger partial charge in [0.1, 0.15) is 0 Å². The fourth-order valence-electron chi connectivity index (χ4n) is 2.66. The van der Waals surface area contributed by atoms with Crippen molar-refractivity contribution in [2.24, 2.45) is 0 Å². The smallest absolute Gasteiger partial charge is 0.253 e. The zero-order chi connectivity index (χ0) is 18.1. The zero-order valence-electron chi connectivity index (χ0n) is 14.8. The van der Waals surface area contributed by atoms with Crippen molar-refractivity contribution >= 4 is 17.5 Å². The lowest BCUT2D eigenvalue weighted by atomic mass is 10.1. The fraction of sp³-hybridized carbons (Fsp3) is 0.278. The van der Waals surface area contributed by atoms with Crippen LogP contribution < -0.4 is 0 Å². The Hall–Kier alpha value is -2.74. The number of hydrogen-bond acceptors (Lipinski definition) is 7. The van der Waals surface area contributed by atoms with Crippen molar-refractivity contribution in [1.29, 1.82) is 0 Å². The number of hydrogen-bond donors (Lipinski definition) is 0. The molecule has 0 fully saturated rings. The van der Waals surface area contributed by atoms with E-state index in [0.29, 0.717) is 28.4 Å². The molecule has 0 aliphatic rings. The minimum absolute atomic E-state index is 0.509. The Bertz CT molecular complexity index is 1050. The molecule has 4 aromatic rings. The molecule has 0 bridgehead atoms. The summed E-state index contributed by atoms with van der Waals surface area (Å²) in [6.07, 6.45) is 1.01. The Balaban J connectivity index is 1.48. The van der Waals surface area contributed by atoms with E-state index in [1.54, 1.807) is 4.52 Å². The lowest BCUT2D eigenvalue weighted by Crippen LogP contribution is -1.97. The van der Waals surface area contributed by atoms with Gasteiger partial charge in [0, 0.05) is 17.0 Å². The number of fused-ring (bicyclic) bond motifs is 1.